The Kier molecular flexibility index (Phi) is 7.02. The van der Waals surface area contributed by atoms with Gasteiger partial charge in [0.2, 0.25) is 0 Å². The summed E-state index contributed by atoms with van der Waals surface area (Å²) in [5.74, 6) is 3.69. The topological polar surface area (TPSA) is 62.5 Å². The molecule has 3 aliphatic rings. The van der Waals surface area contributed by atoms with Crippen LogP contribution in [0.5, 0.6) is 0 Å². The van der Waals surface area contributed by atoms with Crippen molar-refractivity contribution in [2.24, 2.45) is 17.3 Å². The maximum Gasteiger partial charge on any atom is 0.164 e. The maximum atomic E-state index is 9.54. The molecule has 3 saturated carbocycles. The van der Waals surface area contributed by atoms with Gasteiger partial charge < -0.3 is 0 Å². The molecule has 0 aliphatic heterocycles. The summed E-state index contributed by atoms with van der Waals surface area (Å²) >= 11 is 0. The maximum absolute atomic E-state index is 9.54. The fraction of sp³-hybridized carbons (Fsp3) is 0.208. The molecule has 1 heterocycles. The molecule has 52 heavy (non-hydrogen) atoms. The molecule has 3 fully saturated rings. The zero-order valence-corrected chi connectivity index (χ0v) is 29.3. The Labute approximate surface area is 304 Å². The van der Waals surface area contributed by atoms with Crippen molar-refractivity contribution < 1.29 is 0 Å². The highest BCUT2D eigenvalue weighted by molar-refractivity contribution is 5.91. The number of fused-ring (bicyclic) bond motifs is 2. The second-order valence-electron chi connectivity index (χ2n) is 15.6. The minimum absolute atomic E-state index is 0.350. The number of nitrogens with zero attached hydrogens (tertiary/aromatic N) is 4. The fourth-order valence-corrected chi connectivity index (χ4v) is 10.3. The summed E-state index contributed by atoms with van der Waals surface area (Å²) in [5, 5.41) is 11.7. The van der Waals surface area contributed by atoms with Crippen LogP contribution < -0.4 is 0 Å². The Hall–Kier alpha value is -5.92. The number of benzene rings is 6. The molecular weight excluding hydrogens is 633 g/mol. The Balaban J connectivity index is 1.08. The summed E-state index contributed by atoms with van der Waals surface area (Å²) in [6, 6.07) is 50.9. The van der Waals surface area contributed by atoms with Crippen molar-refractivity contribution in [2.45, 2.75) is 44.4 Å². The predicted molar refractivity (Wildman–Crippen MR) is 209 cm³/mol. The van der Waals surface area contributed by atoms with Gasteiger partial charge in [0, 0.05) is 16.7 Å². The average Bonchev–Trinajstić information content (AvgIpc) is 3.71. The number of hydrogen-bond acceptors (Lipinski definition) is 4. The van der Waals surface area contributed by atoms with E-state index in [-0.39, 0.29) is 0 Å². The predicted octanol–water partition coefficient (Wildman–Crippen LogP) is 11.7. The van der Waals surface area contributed by atoms with E-state index in [4.69, 9.17) is 15.0 Å². The molecule has 4 nitrogen and oxygen atoms in total. The summed E-state index contributed by atoms with van der Waals surface area (Å²) in [7, 11) is 0. The van der Waals surface area contributed by atoms with Gasteiger partial charge in [-0.3, -0.25) is 0 Å². The van der Waals surface area contributed by atoms with Gasteiger partial charge in [0.15, 0.2) is 17.5 Å². The minimum atomic E-state index is 0.350. The van der Waals surface area contributed by atoms with Crippen LogP contribution >= 0.6 is 0 Å². The fourth-order valence-electron chi connectivity index (χ4n) is 10.3. The van der Waals surface area contributed by atoms with Gasteiger partial charge in [0.25, 0.3) is 0 Å². The summed E-state index contributed by atoms with van der Waals surface area (Å²) in [6.45, 7) is 2.58. The molecule has 3 aliphatic carbocycles. The van der Waals surface area contributed by atoms with Crippen LogP contribution in [0.3, 0.4) is 0 Å². The van der Waals surface area contributed by atoms with Crippen molar-refractivity contribution >= 4 is 10.8 Å². The van der Waals surface area contributed by atoms with Crippen LogP contribution in [0.25, 0.3) is 67.2 Å². The first-order valence-corrected chi connectivity index (χ1v) is 18.6. The zero-order valence-electron chi connectivity index (χ0n) is 29.3. The molecule has 250 valence electrons. The molecule has 4 heteroatoms. The molecular formula is C48H38N4. The zero-order chi connectivity index (χ0) is 34.9. The Bertz CT molecular complexity index is 2530. The van der Waals surface area contributed by atoms with E-state index < -0.39 is 0 Å². The molecule has 0 saturated heterocycles. The van der Waals surface area contributed by atoms with Crippen LogP contribution in [-0.4, -0.2) is 15.0 Å². The summed E-state index contributed by atoms with van der Waals surface area (Å²) in [5.41, 5.74) is 10.3. The minimum Gasteiger partial charge on any atom is -0.208 e. The second-order valence-corrected chi connectivity index (χ2v) is 15.6. The molecule has 0 radical (unpaired) electrons. The number of nitriles is 1. The van der Waals surface area contributed by atoms with E-state index in [1.54, 1.807) is 0 Å². The van der Waals surface area contributed by atoms with Crippen LogP contribution in [0.4, 0.5) is 0 Å². The molecule has 2 bridgehead atoms. The molecule has 0 amide bonds. The largest absolute Gasteiger partial charge is 0.208 e. The summed E-state index contributed by atoms with van der Waals surface area (Å²) in [4.78, 5) is 15.5. The molecule has 7 aromatic rings. The highest BCUT2D eigenvalue weighted by atomic mass is 15.0. The van der Waals surface area contributed by atoms with Crippen molar-refractivity contribution in [3.05, 3.63) is 151 Å². The lowest BCUT2D eigenvalue weighted by molar-refractivity contribution is 0.195. The van der Waals surface area contributed by atoms with Crippen molar-refractivity contribution in [3.63, 3.8) is 0 Å². The van der Waals surface area contributed by atoms with Gasteiger partial charge >= 0.3 is 0 Å². The standard InChI is InChI=1S/C48H38N4/c1-47-30-48(27-38(47)23-24-39(47)28-48)37-21-19-33(20-22-37)40-11-5-7-13-42(40)45-50-44(34-9-3-2-4-10-34)51-46(52-45)43-14-8-6-12-41(43)35-18-17-32-16-15-31(29-49)25-36(32)26-35/h2-22,25-26,38-39H,23-24,27-28,30H2,1H3/t38-,39+,47-,48?. The highest BCUT2D eigenvalue weighted by Gasteiger charge is 2.65. The SMILES string of the molecule is C[C@@]12CC3(c4ccc(-c5ccccc5-c5nc(-c6ccccc6)nc(-c6ccccc6-c6ccc7ccc(C#N)cc7c6)n5)cc4)C[C@H]1CC[C@H]2C3. The van der Waals surface area contributed by atoms with Gasteiger partial charge in [-0.1, -0.05) is 128 Å². The highest BCUT2D eigenvalue weighted by Crippen LogP contribution is 2.72. The lowest BCUT2D eigenvalue weighted by Gasteiger charge is -2.33. The van der Waals surface area contributed by atoms with E-state index >= 15 is 0 Å². The van der Waals surface area contributed by atoms with E-state index in [9.17, 15) is 5.26 Å². The molecule has 0 N–H and O–H groups in total. The quantitative estimate of drug-likeness (QED) is 0.177. The monoisotopic (exact) mass is 670 g/mol. The first-order valence-electron chi connectivity index (χ1n) is 18.6. The van der Waals surface area contributed by atoms with Crippen LogP contribution in [-0.2, 0) is 5.41 Å². The molecule has 6 aromatic carbocycles. The van der Waals surface area contributed by atoms with E-state index in [0.29, 0.717) is 33.9 Å². The van der Waals surface area contributed by atoms with E-state index in [0.717, 1.165) is 56.0 Å². The number of aromatic nitrogens is 3. The third kappa shape index (κ3) is 4.91. The normalized spacial score (nSPS) is 22.8. The van der Waals surface area contributed by atoms with E-state index in [1.807, 2.05) is 42.5 Å². The van der Waals surface area contributed by atoms with Crippen molar-refractivity contribution in [3.8, 4) is 62.5 Å². The number of rotatable bonds is 6. The van der Waals surface area contributed by atoms with Gasteiger partial charge in [-0.15, -0.1) is 0 Å². The third-order valence-electron chi connectivity index (χ3n) is 12.8. The number of hydrogen-bond donors (Lipinski definition) is 0. The van der Waals surface area contributed by atoms with Crippen molar-refractivity contribution in [1.82, 2.24) is 15.0 Å². The summed E-state index contributed by atoms with van der Waals surface area (Å²) in [6.07, 6.45) is 6.90. The van der Waals surface area contributed by atoms with Crippen LogP contribution in [0.1, 0.15) is 50.2 Å². The van der Waals surface area contributed by atoms with Crippen LogP contribution in [0.2, 0.25) is 0 Å². The van der Waals surface area contributed by atoms with Gasteiger partial charge in [-0.25, -0.2) is 15.0 Å². The second kappa shape index (κ2) is 11.8. The Morgan fingerprint density at radius 2 is 1.10 bits per heavy atom. The van der Waals surface area contributed by atoms with E-state index in [2.05, 4.69) is 110 Å². The molecule has 1 unspecified atom stereocenters. The first kappa shape index (κ1) is 30.9. The molecule has 1 aromatic heterocycles. The average molecular weight is 671 g/mol. The van der Waals surface area contributed by atoms with Gasteiger partial charge in [0.05, 0.1) is 11.6 Å². The van der Waals surface area contributed by atoms with Crippen LogP contribution in [0, 0.1) is 28.6 Å². The summed E-state index contributed by atoms with van der Waals surface area (Å²) < 4.78 is 0. The van der Waals surface area contributed by atoms with Gasteiger partial charge in [-0.2, -0.15) is 5.26 Å². The van der Waals surface area contributed by atoms with E-state index in [1.165, 1.54) is 43.2 Å². The Morgan fingerprint density at radius 1 is 0.538 bits per heavy atom. The Morgan fingerprint density at radius 3 is 1.73 bits per heavy atom. The van der Waals surface area contributed by atoms with Gasteiger partial charge in [0.1, 0.15) is 0 Å². The van der Waals surface area contributed by atoms with Crippen molar-refractivity contribution in [1.29, 1.82) is 5.26 Å². The third-order valence-corrected chi connectivity index (χ3v) is 12.8. The van der Waals surface area contributed by atoms with Gasteiger partial charge in [-0.05, 0) is 112 Å². The van der Waals surface area contributed by atoms with Crippen LogP contribution in [0.15, 0.2) is 140 Å². The first-order chi connectivity index (χ1) is 25.5. The van der Waals surface area contributed by atoms with Crippen molar-refractivity contribution in [2.75, 3.05) is 0 Å². The molecule has 4 atom stereocenters. The molecule has 0 spiro atoms. The lowest BCUT2D eigenvalue weighted by atomic mass is 9.72. The lowest BCUT2D eigenvalue weighted by Crippen LogP contribution is -2.26. The smallest absolute Gasteiger partial charge is 0.164 e. The molecule has 10 rings (SSSR count).